The van der Waals surface area contributed by atoms with Crippen molar-refractivity contribution >= 4 is 17.5 Å². The highest BCUT2D eigenvalue weighted by atomic mass is 19.1. The van der Waals surface area contributed by atoms with E-state index >= 15 is 0 Å². The maximum Gasteiger partial charge on any atom is 0.247 e. The van der Waals surface area contributed by atoms with Crippen LogP contribution in [0.15, 0.2) is 41.0 Å². The van der Waals surface area contributed by atoms with Crippen LogP contribution in [0.3, 0.4) is 0 Å². The molecule has 0 radical (unpaired) electrons. The third-order valence-corrected chi connectivity index (χ3v) is 3.95. The molecule has 1 atom stereocenters. The van der Waals surface area contributed by atoms with Gasteiger partial charge >= 0.3 is 0 Å². The molecule has 2 rings (SSSR count). The van der Waals surface area contributed by atoms with Crippen LogP contribution in [0.1, 0.15) is 34.6 Å². The fraction of sp³-hybridized carbons (Fsp3) is 0.400. The molecule has 0 aliphatic carbocycles. The predicted molar refractivity (Wildman–Crippen MR) is 99.0 cm³/mol. The summed E-state index contributed by atoms with van der Waals surface area (Å²) in [5.74, 6) is -0.870. The van der Waals surface area contributed by atoms with Crippen molar-refractivity contribution in [3.05, 3.63) is 42.4 Å². The van der Waals surface area contributed by atoms with Crippen molar-refractivity contribution in [2.45, 2.75) is 40.7 Å². The Morgan fingerprint density at radius 1 is 1.15 bits per heavy atom. The second kappa shape index (κ2) is 7.72. The highest BCUT2D eigenvalue weighted by molar-refractivity contribution is 5.98. The van der Waals surface area contributed by atoms with Crippen molar-refractivity contribution in [2.75, 3.05) is 5.32 Å². The molecule has 1 unspecified atom stereocenters. The molecule has 1 heterocycles. The van der Waals surface area contributed by atoms with Gasteiger partial charge in [-0.3, -0.25) is 9.59 Å². The van der Waals surface area contributed by atoms with Gasteiger partial charge in [0.1, 0.15) is 17.6 Å². The molecule has 0 fully saturated rings. The zero-order valence-electron chi connectivity index (χ0n) is 15.7. The van der Waals surface area contributed by atoms with Gasteiger partial charge in [0, 0.05) is 11.0 Å². The molecule has 0 saturated heterocycles. The second-order valence-electron chi connectivity index (χ2n) is 7.61. The Hall–Kier alpha value is -2.63. The van der Waals surface area contributed by atoms with Crippen LogP contribution in [0.25, 0.3) is 11.3 Å². The molecule has 2 amide bonds. The summed E-state index contributed by atoms with van der Waals surface area (Å²) in [6.07, 6.45) is 1.51. The van der Waals surface area contributed by atoms with Gasteiger partial charge in [-0.25, -0.2) is 4.39 Å². The Kier molecular flexibility index (Phi) is 5.85. The van der Waals surface area contributed by atoms with E-state index in [0.717, 1.165) is 0 Å². The lowest BCUT2D eigenvalue weighted by molar-refractivity contribution is -0.132. The van der Waals surface area contributed by atoms with E-state index in [1.807, 2.05) is 13.8 Å². The van der Waals surface area contributed by atoms with E-state index in [1.165, 1.54) is 18.4 Å². The van der Waals surface area contributed by atoms with Crippen molar-refractivity contribution in [3.63, 3.8) is 0 Å². The number of benzene rings is 1. The van der Waals surface area contributed by atoms with Crippen LogP contribution in [0.5, 0.6) is 0 Å². The van der Waals surface area contributed by atoms with Crippen LogP contribution in [0.2, 0.25) is 0 Å². The largest absolute Gasteiger partial charge is 0.464 e. The van der Waals surface area contributed by atoms with E-state index in [2.05, 4.69) is 10.6 Å². The van der Waals surface area contributed by atoms with Gasteiger partial charge in [-0.1, -0.05) is 34.6 Å². The van der Waals surface area contributed by atoms with E-state index < -0.39 is 23.2 Å². The van der Waals surface area contributed by atoms with Gasteiger partial charge in [0.05, 0.1) is 12.0 Å². The van der Waals surface area contributed by atoms with Crippen LogP contribution in [0.4, 0.5) is 10.1 Å². The first-order chi connectivity index (χ1) is 12.1. The molecule has 26 heavy (non-hydrogen) atoms. The molecule has 0 aliphatic heterocycles. The standard InChI is InChI=1S/C20H25FN2O3/c1-12(2)17(23-19(25)20(3,4)5)18(24)22-15-9-8-13(11-14(15)21)16-7-6-10-26-16/h6-12,17H,1-5H3,(H,22,24)(H,23,25). The highest BCUT2D eigenvalue weighted by Crippen LogP contribution is 2.25. The van der Waals surface area contributed by atoms with Crippen molar-refractivity contribution in [3.8, 4) is 11.3 Å². The smallest absolute Gasteiger partial charge is 0.247 e. The molecular formula is C20H25FN2O3. The van der Waals surface area contributed by atoms with Gasteiger partial charge < -0.3 is 15.1 Å². The Balaban J connectivity index is 2.15. The first-order valence-electron chi connectivity index (χ1n) is 8.55. The summed E-state index contributed by atoms with van der Waals surface area (Å²) in [6.45, 7) is 8.95. The zero-order valence-corrected chi connectivity index (χ0v) is 15.7. The molecule has 0 saturated carbocycles. The Morgan fingerprint density at radius 2 is 1.85 bits per heavy atom. The molecule has 0 spiro atoms. The summed E-state index contributed by atoms with van der Waals surface area (Å²) < 4.78 is 19.6. The maximum atomic E-state index is 14.4. The number of carbonyl (C=O) groups is 2. The summed E-state index contributed by atoms with van der Waals surface area (Å²) in [5.41, 5.74) is 0.0107. The highest BCUT2D eigenvalue weighted by Gasteiger charge is 2.29. The summed E-state index contributed by atoms with van der Waals surface area (Å²) in [6, 6.07) is 7.12. The fourth-order valence-corrected chi connectivity index (χ4v) is 2.32. The number of hydrogen-bond acceptors (Lipinski definition) is 3. The minimum atomic E-state index is -0.758. The van der Waals surface area contributed by atoms with E-state index in [0.29, 0.717) is 11.3 Å². The van der Waals surface area contributed by atoms with Gasteiger partial charge in [0.25, 0.3) is 0 Å². The predicted octanol–water partition coefficient (Wildman–Crippen LogP) is 4.21. The molecule has 1 aromatic carbocycles. The first-order valence-corrected chi connectivity index (χ1v) is 8.55. The number of rotatable bonds is 5. The number of amides is 2. The number of hydrogen-bond donors (Lipinski definition) is 2. The number of halogens is 1. The maximum absolute atomic E-state index is 14.4. The van der Waals surface area contributed by atoms with Crippen LogP contribution in [-0.4, -0.2) is 17.9 Å². The molecular weight excluding hydrogens is 335 g/mol. The molecule has 5 nitrogen and oxygen atoms in total. The van der Waals surface area contributed by atoms with Crippen molar-refractivity contribution in [2.24, 2.45) is 11.3 Å². The molecule has 6 heteroatoms. The average Bonchev–Trinajstić information content (AvgIpc) is 3.07. The number of furan rings is 1. The molecule has 1 aromatic heterocycles. The summed E-state index contributed by atoms with van der Waals surface area (Å²) in [7, 11) is 0. The Labute approximate surface area is 153 Å². The fourth-order valence-electron chi connectivity index (χ4n) is 2.32. The van der Waals surface area contributed by atoms with Crippen LogP contribution in [0, 0.1) is 17.2 Å². The Morgan fingerprint density at radius 3 is 2.35 bits per heavy atom. The number of anilines is 1. The SMILES string of the molecule is CC(C)C(NC(=O)C(C)(C)C)C(=O)Nc1ccc(-c2ccco2)cc1F. The Bertz CT molecular complexity index is 777. The third kappa shape index (κ3) is 4.71. The molecule has 0 aliphatic rings. The van der Waals surface area contributed by atoms with Crippen molar-refractivity contribution in [1.29, 1.82) is 0 Å². The van der Waals surface area contributed by atoms with E-state index in [4.69, 9.17) is 4.42 Å². The molecule has 2 aromatic rings. The van der Waals surface area contributed by atoms with Gasteiger partial charge in [-0.2, -0.15) is 0 Å². The van der Waals surface area contributed by atoms with Crippen molar-refractivity contribution in [1.82, 2.24) is 5.32 Å². The zero-order chi connectivity index (χ0) is 19.5. The third-order valence-electron chi connectivity index (χ3n) is 3.95. The lowest BCUT2D eigenvalue weighted by atomic mass is 9.93. The number of nitrogens with one attached hydrogen (secondary N) is 2. The van der Waals surface area contributed by atoms with Gasteiger partial charge in [0.2, 0.25) is 11.8 Å². The van der Waals surface area contributed by atoms with E-state index in [-0.39, 0.29) is 17.5 Å². The second-order valence-corrected chi connectivity index (χ2v) is 7.61. The molecule has 2 N–H and O–H groups in total. The van der Waals surface area contributed by atoms with E-state index in [9.17, 15) is 14.0 Å². The van der Waals surface area contributed by atoms with Crippen LogP contribution < -0.4 is 10.6 Å². The van der Waals surface area contributed by atoms with Crippen molar-refractivity contribution < 1.29 is 18.4 Å². The normalized spacial score (nSPS) is 12.7. The van der Waals surface area contributed by atoms with E-state index in [1.54, 1.807) is 39.0 Å². The lowest BCUT2D eigenvalue weighted by Gasteiger charge is -2.26. The number of carbonyl (C=O) groups excluding carboxylic acids is 2. The monoisotopic (exact) mass is 360 g/mol. The van der Waals surface area contributed by atoms with Crippen LogP contribution >= 0.6 is 0 Å². The quantitative estimate of drug-likeness (QED) is 0.839. The van der Waals surface area contributed by atoms with Gasteiger partial charge in [-0.05, 0) is 36.2 Å². The first kappa shape index (κ1) is 19.7. The molecule has 140 valence electrons. The summed E-state index contributed by atoms with van der Waals surface area (Å²) in [5, 5.41) is 5.30. The topological polar surface area (TPSA) is 71.3 Å². The molecule has 0 bridgehead atoms. The van der Waals surface area contributed by atoms with Gasteiger partial charge in [0.15, 0.2) is 0 Å². The van der Waals surface area contributed by atoms with Gasteiger partial charge in [-0.15, -0.1) is 0 Å². The summed E-state index contributed by atoms with van der Waals surface area (Å²) in [4.78, 5) is 24.8. The lowest BCUT2D eigenvalue weighted by Crippen LogP contribution is -2.50. The minimum Gasteiger partial charge on any atom is -0.464 e. The summed E-state index contributed by atoms with van der Waals surface area (Å²) >= 11 is 0. The average molecular weight is 360 g/mol. The van der Waals surface area contributed by atoms with Crippen LogP contribution in [-0.2, 0) is 9.59 Å². The minimum absolute atomic E-state index is 0.0564.